The third-order valence-corrected chi connectivity index (χ3v) is 3.28. The molecule has 0 spiro atoms. The van der Waals surface area contributed by atoms with Crippen molar-refractivity contribution in [3.05, 3.63) is 12.5 Å². The van der Waals surface area contributed by atoms with Crippen LogP contribution in [0.2, 0.25) is 0 Å². The molecule has 2 heterocycles. The normalized spacial score (nSPS) is 10.8. The fraction of sp³-hybridized carbons (Fsp3) is 0.538. The number of hydrogen-bond donors (Lipinski definition) is 1. The Hall–Kier alpha value is -2.18. The van der Waals surface area contributed by atoms with Crippen molar-refractivity contribution >= 4 is 22.8 Å². The Morgan fingerprint density at radius 2 is 2.10 bits per heavy atom. The number of nitrogens with zero attached hydrogens (tertiary/aromatic N) is 5. The van der Waals surface area contributed by atoms with Gasteiger partial charge in [0.2, 0.25) is 5.91 Å². The van der Waals surface area contributed by atoms with Gasteiger partial charge in [0.15, 0.2) is 5.65 Å². The predicted octanol–water partition coefficient (Wildman–Crippen LogP) is 1.03. The highest BCUT2D eigenvalue weighted by molar-refractivity contribution is 5.86. The van der Waals surface area contributed by atoms with E-state index in [1.807, 2.05) is 25.8 Å². The van der Waals surface area contributed by atoms with Crippen LogP contribution in [0.4, 0.5) is 5.82 Å². The minimum atomic E-state index is 0.152. The summed E-state index contributed by atoms with van der Waals surface area (Å²) in [5.41, 5.74) is 0.776. The van der Waals surface area contributed by atoms with Crippen molar-refractivity contribution in [2.24, 2.45) is 7.05 Å². The second-order valence-corrected chi connectivity index (χ2v) is 4.47. The van der Waals surface area contributed by atoms with Gasteiger partial charge in [-0.1, -0.05) is 0 Å². The first kappa shape index (κ1) is 14.2. The minimum Gasteiger partial charge on any atom is -0.369 e. The molecule has 0 aromatic carbocycles. The van der Waals surface area contributed by atoms with Crippen LogP contribution in [0.15, 0.2) is 12.5 Å². The number of carbonyl (C=O) groups excluding carboxylic acids is 1. The molecule has 0 fully saturated rings. The van der Waals surface area contributed by atoms with E-state index in [-0.39, 0.29) is 5.91 Å². The Bertz CT molecular complexity index is 590. The van der Waals surface area contributed by atoms with Crippen LogP contribution in [-0.4, -0.2) is 50.2 Å². The van der Waals surface area contributed by atoms with Gasteiger partial charge in [-0.3, -0.25) is 9.48 Å². The van der Waals surface area contributed by atoms with Crippen molar-refractivity contribution in [3.63, 3.8) is 0 Å². The summed E-state index contributed by atoms with van der Waals surface area (Å²) in [6, 6.07) is 0. The molecule has 7 heteroatoms. The first-order chi connectivity index (χ1) is 9.67. The monoisotopic (exact) mass is 276 g/mol. The number of hydrogen-bond acceptors (Lipinski definition) is 5. The number of aryl methyl sites for hydroxylation is 1. The lowest BCUT2D eigenvalue weighted by atomic mass is 10.3. The van der Waals surface area contributed by atoms with Crippen LogP contribution < -0.4 is 5.32 Å². The molecule has 0 aliphatic heterocycles. The van der Waals surface area contributed by atoms with Gasteiger partial charge >= 0.3 is 0 Å². The first-order valence-electron chi connectivity index (χ1n) is 6.81. The van der Waals surface area contributed by atoms with Gasteiger partial charge in [-0.2, -0.15) is 5.10 Å². The van der Waals surface area contributed by atoms with Crippen LogP contribution in [0, 0.1) is 0 Å². The van der Waals surface area contributed by atoms with Gasteiger partial charge < -0.3 is 10.2 Å². The van der Waals surface area contributed by atoms with Crippen molar-refractivity contribution in [1.82, 2.24) is 24.6 Å². The zero-order valence-corrected chi connectivity index (χ0v) is 12.1. The highest BCUT2D eigenvalue weighted by atomic mass is 16.2. The van der Waals surface area contributed by atoms with Gasteiger partial charge in [0.05, 0.1) is 11.6 Å². The standard InChI is InChI=1S/C13H20N6O/c1-4-19(5-2)11(20)6-7-14-12-10-8-17-18(3)13(10)16-9-15-12/h8-9H,4-7H2,1-3H3,(H,14,15,16). The van der Waals surface area contributed by atoms with Crippen molar-refractivity contribution in [2.45, 2.75) is 20.3 Å². The second-order valence-electron chi connectivity index (χ2n) is 4.47. The molecule has 0 atom stereocenters. The van der Waals surface area contributed by atoms with Crippen molar-refractivity contribution in [2.75, 3.05) is 25.0 Å². The van der Waals surface area contributed by atoms with E-state index >= 15 is 0 Å². The molecule has 0 aliphatic carbocycles. The maximum Gasteiger partial charge on any atom is 0.224 e. The predicted molar refractivity (Wildman–Crippen MR) is 77.3 cm³/mol. The summed E-state index contributed by atoms with van der Waals surface area (Å²) in [5, 5.41) is 8.20. The summed E-state index contributed by atoms with van der Waals surface area (Å²) < 4.78 is 1.70. The van der Waals surface area contributed by atoms with E-state index in [0.717, 1.165) is 29.9 Å². The molecule has 20 heavy (non-hydrogen) atoms. The van der Waals surface area contributed by atoms with Crippen LogP contribution in [-0.2, 0) is 11.8 Å². The summed E-state index contributed by atoms with van der Waals surface area (Å²) in [6.07, 6.45) is 3.68. The van der Waals surface area contributed by atoms with E-state index in [1.54, 1.807) is 10.9 Å². The molecule has 2 aromatic heterocycles. The number of amides is 1. The minimum absolute atomic E-state index is 0.152. The molecule has 7 nitrogen and oxygen atoms in total. The maximum atomic E-state index is 11.9. The number of anilines is 1. The number of nitrogens with one attached hydrogen (secondary N) is 1. The third kappa shape index (κ3) is 2.87. The highest BCUT2D eigenvalue weighted by Gasteiger charge is 2.10. The van der Waals surface area contributed by atoms with Crippen LogP contribution in [0.1, 0.15) is 20.3 Å². The van der Waals surface area contributed by atoms with Gasteiger partial charge in [-0.05, 0) is 13.8 Å². The summed E-state index contributed by atoms with van der Waals surface area (Å²) in [5.74, 6) is 0.870. The average Bonchev–Trinajstić information content (AvgIpc) is 2.83. The lowest BCUT2D eigenvalue weighted by Crippen LogP contribution is -2.31. The Morgan fingerprint density at radius 1 is 1.35 bits per heavy atom. The third-order valence-electron chi connectivity index (χ3n) is 3.28. The molecule has 0 radical (unpaired) electrons. The lowest BCUT2D eigenvalue weighted by molar-refractivity contribution is -0.130. The van der Waals surface area contributed by atoms with Crippen LogP contribution in [0.5, 0.6) is 0 Å². The molecule has 0 bridgehead atoms. The van der Waals surface area contributed by atoms with E-state index in [2.05, 4.69) is 20.4 Å². The molecule has 108 valence electrons. The quantitative estimate of drug-likeness (QED) is 0.853. The van der Waals surface area contributed by atoms with E-state index in [0.29, 0.717) is 13.0 Å². The summed E-state index contributed by atoms with van der Waals surface area (Å²) in [6.45, 7) is 6.01. The van der Waals surface area contributed by atoms with Gasteiger partial charge in [-0.25, -0.2) is 9.97 Å². The summed E-state index contributed by atoms with van der Waals surface area (Å²) in [4.78, 5) is 22.1. The molecule has 2 rings (SSSR count). The Balaban J connectivity index is 1.98. The Morgan fingerprint density at radius 3 is 2.80 bits per heavy atom. The van der Waals surface area contributed by atoms with Crippen LogP contribution in [0.3, 0.4) is 0 Å². The summed E-state index contributed by atoms with van der Waals surface area (Å²) >= 11 is 0. The van der Waals surface area contributed by atoms with Crippen molar-refractivity contribution < 1.29 is 4.79 Å². The largest absolute Gasteiger partial charge is 0.369 e. The fourth-order valence-electron chi connectivity index (χ4n) is 2.13. The number of rotatable bonds is 6. The van der Waals surface area contributed by atoms with Crippen LogP contribution >= 0.6 is 0 Å². The highest BCUT2D eigenvalue weighted by Crippen LogP contribution is 2.17. The fourth-order valence-corrected chi connectivity index (χ4v) is 2.13. The SMILES string of the molecule is CCN(CC)C(=O)CCNc1ncnc2c1cnn2C. The van der Waals surface area contributed by atoms with E-state index in [9.17, 15) is 4.79 Å². The maximum absolute atomic E-state index is 11.9. The van der Waals surface area contributed by atoms with Crippen molar-refractivity contribution in [1.29, 1.82) is 0 Å². The topological polar surface area (TPSA) is 75.9 Å². The zero-order valence-electron chi connectivity index (χ0n) is 12.1. The zero-order chi connectivity index (χ0) is 14.5. The summed E-state index contributed by atoms with van der Waals surface area (Å²) in [7, 11) is 1.84. The number of aromatic nitrogens is 4. The van der Waals surface area contributed by atoms with E-state index < -0.39 is 0 Å². The molecule has 0 saturated heterocycles. The molecule has 2 aromatic rings. The molecule has 1 amide bonds. The molecule has 0 unspecified atom stereocenters. The first-order valence-corrected chi connectivity index (χ1v) is 6.81. The van der Waals surface area contributed by atoms with E-state index in [1.165, 1.54) is 6.33 Å². The molecular formula is C13H20N6O. The Labute approximate surface area is 118 Å². The molecule has 1 N–H and O–H groups in total. The lowest BCUT2D eigenvalue weighted by Gasteiger charge is -2.18. The molecular weight excluding hydrogens is 256 g/mol. The van der Waals surface area contributed by atoms with Gasteiger partial charge in [0.1, 0.15) is 12.1 Å². The van der Waals surface area contributed by atoms with Gasteiger partial charge in [0, 0.05) is 33.1 Å². The van der Waals surface area contributed by atoms with Crippen LogP contribution in [0.25, 0.3) is 11.0 Å². The van der Waals surface area contributed by atoms with Gasteiger partial charge in [0.25, 0.3) is 0 Å². The second kappa shape index (κ2) is 6.31. The molecule has 0 saturated carbocycles. The van der Waals surface area contributed by atoms with Gasteiger partial charge in [-0.15, -0.1) is 0 Å². The molecule has 0 aliphatic rings. The number of fused-ring (bicyclic) bond motifs is 1. The smallest absolute Gasteiger partial charge is 0.224 e. The Kier molecular flexibility index (Phi) is 4.49. The number of carbonyl (C=O) groups is 1. The average molecular weight is 276 g/mol. The van der Waals surface area contributed by atoms with Crippen molar-refractivity contribution in [3.8, 4) is 0 Å². The van der Waals surface area contributed by atoms with E-state index in [4.69, 9.17) is 0 Å².